The van der Waals surface area contributed by atoms with Gasteiger partial charge in [0, 0.05) is 42.3 Å². The third-order valence-corrected chi connectivity index (χ3v) is 4.85. The molecule has 1 aliphatic rings. The lowest BCUT2D eigenvalue weighted by molar-refractivity contribution is 0.174. The van der Waals surface area contributed by atoms with E-state index in [9.17, 15) is 0 Å². The van der Waals surface area contributed by atoms with Crippen LogP contribution in [-0.2, 0) is 6.54 Å². The highest BCUT2D eigenvalue weighted by molar-refractivity contribution is 5.94. The van der Waals surface area contributed by atoms with E-state index in [1.165, 1.54) is 0 Å². The van der Waals surface area contributed by atoms with Gasteiger partial charge in [0.1, 0.15) is 5.82 Å². The Kier molecular flexibility index (Phi) is 3.79. The Morgan fingerprint density at radius 3 is 2.89 bits per heavy atom. The smallest absolute Gasteiger partial charge is 0.231 e. The fourth-order valence-corrected chi connectivity index (χ4v) is 3.49. The number of nitrogens with zero attached hydrogens (tertiary/aromatic N) is 3. The van der Waals surface area contributed by atoms with Crippen LogP contribution in [0.4, 0.5) is 11.8 Å². The van der Waals surface area contributed by atoms with Gasteiger partial charge in [0.05, 0.1) is 5.69 Å². The average Bonchev–Trinajstić information content (AvgIpc) is 3.35. The van der Waals surface area contributed by atoms with E-state index in [2.05, 4.69) is 15.0 Å². The summed E-state index contributed by atoms with van der Waals surface area (Å²) in [4.78, 5) is 14.2. The number of benzene rings is 2. The molecule has 0 unspecified atom stereocenters. The van der Waals surface area contributed by atoms with Crippen molar-refractivity contribution in [2.24, 2.45) is 0 Å². The van der Waals surface area contributed by atoms with E-state index in [1.54, 1.807) is 0 Å². The lowest BCUT2D eigenvalue weighted by Gasteiger charge is -2.19. The van der Waals surface area contributed by atoms with Crippen LogP contribution in [0.3, 0.4) is 0 Å². The number of H-pyrrole nitrogens is 1. The van der Waals surface area contributed by atoms with Crippen molar-refractivity contribution in [2.75, 3.05) is 24.5 Å². The molecule has 0 saturated heterocycles. The van der Waals surface area contributed by atoms with Crippen LogP contribution in [-0.4, -0.2) is 28.8 Å². The molecule has 0 spiro atoms. The number of anilines is 2. The van der Waals surface area contributed by atoms with E-state index in [-0.39, 0.29) is 12.7 Å². The number of aromatic nitrogens is 3. The molecule has 7 heteroatoms. The third-order valence-electron chi connectivity index (χ3n) is 4.85. The Bertz CT molecular complexity index is 1170. The quantitative estimate of drug-likeness (QED) is 0.568. The van der Waals surface area contributed by atoms with Crippen molar-refractivity contribution in [3.8, 4) is 22.8 Å². The maximum Gasteiger partial charge on any atom is 0.231 e. The largest absolute Gasteiger partial charge is 0.454 e. The molecule has 3 N–H and O–H groups in total. The van der Waals surface area contributed by atoms with Crippen molar-refractivity contribution in [1.82, 2.24) is 15.0 Å². The summed E-state index contributed by atoms with van der Waals surface area (Å²) in [5.74, 6) is 2.55. The van der Waals surface area contributed by atoms with E-state index < -0.39 is 0 Å². The minimum atomic E-state index is 0.248. The minimum absolute atomic E-state index is 0.248. The number of nitrogens with two attached hydrogens (primary N) is 1. The van der Waals surface area contributed by atoms with Crippen LogP contribution in [0.15, 0.2) is 54.7 Å². The fraction of sp³-hybridized carbons (Fsp3) is 0.143. The molecule has 0 bridgehead atoms. The number of nitrogen functional groups attached to an aromatic ring is 1. The number of ether oxygens (including phenoxy) is 2. The molecule has 7 nitrogen and oxygen atoms in total. The Balaban J connectivity index is 1.48. The molecular weight excluding hydrogens is 354 g/mol. The normalized spacial score (nSPS) is 12.5. The highest BCUT2D eigenvalue weighted by Gasteiger charge is 2.15. The molecule has 0 aliphatic carbocycles. The zero-order chi connectivity index (χ0) is 19.1. The summed E-state index contributed by atoms with van der Waals surface area (Å²) in [6.45, 7) is 0.923. The maximum atomic E-state index is 6.03. The monoisotopic (exact) mass is 373 g/mol. The van der Waals surface area contributed by atoms with Crippen LogP contribution in [0.5, 0.6) is 11.5 Å². The van der Waals surface area contributed by atoms with E-state index in [1.807, 2.05) is 66.7 Å². The topological polar surface area (TPSA) is 89.3 Å². The Labute approximate surface area is 161 Å². The van der Waals surface area contributed by atoms with Crippen LogP contribution < -0.4 is 20.1 Å². The van der Waals surface area contributed by atoms with Gasteiger partial charge in [-0.25, -0.2) is 4.98 Å². The fourth-order valence-electron chi connectivity index (χ4n) is 3.49. The molecule has 4 aromatic rings. The summed E-state index contributed by atoms with van der Waals surface area (Å²) < 4.78 is 10.8. The van der Waals surface area contributed by atoms with Gasteiger partial charge in [-0.1, -0.05) is 18.2 Å². The Hall–Kier alpha value is -3.74. The van der Waals surface area contributed by atoms with Gasteiger partial charge in [-0.3, -0.25) is 0 Å². The molecule has 3 heterocycles. The van der Waals surface area contributed by atoms with Crippen molar-refractivity contribution in [2.45, 2.75) is 6.54 Å². The lowest BCUT2D eigenvalue weighted by atomic mass is 10.1. The number of aromatic amines is 1. The van der Waals surface area contributed by atoms with Gasteiger partial charge in [0.2, 0.25) is 12.7 Å². The maximum absolute atomic E-state index is 6.03. The van der Waals surface area contributed by atoms with Gasteiger partial charge in [0.25, 0.3) is 0 Å². The summed E-state index contributed by atoms with van der Waals surface area (Å²) in [5.41, 5.74) is 10.00. The average molecular weight is 373 g/mol. The molecule has 0 radical (unpaired) electrons. The summed E-state index contributed by atoms with van der Waals surface area (Å²) in [6, 6.07) is 16.0. The molecular formula is C21H19N5O2. The standard InChI is InChI=1S/C21H19N5O2/c1-26(11-13-5-6-18-19(9-13)28-12-27-18)20-10-17(24-21(22)25-20)14-3-2-4-16-15(14)7-8-23-16/h2-10,23H,11-12H2,1H3,(H2,22,24,25). The molecule has 2 aromatic heterocycles. The molecule has 0 amide bonds. The van der Waals surface area contributed by atoms with Gasteiger partial charge in [-0.15, -0.1) is 0 Å². The summed E-state index contributed by atoms with van der Waals surface area (Å²) in [7, 11) is 1.98. The molecule has 0 atom stereocenters. The van der Waals surface area contributed by atoms with Crippen molar-refractivity contribution in [3.05, 3.63) is 60.3 Å². The molecule has 28 heavy (non-hydrogen) atoms. The summed E-state index contributed by atoms with van der Waals surface area (Å²) >= 11 is 0. The van der Waals surface area contributed by atoms with Crippen LogP contribution in [0, 0.1) is 0 Å². The van der Waals surface area contributed by atoms with E-state index in [0.29, 0.717) is 6.54 Å². The first kappa shape index (κ1) is 16.4. The molecule has 5 rings (SSSR count). The predicted molar refractivity (Wildman–Crippen MR) is 108 cm³/mol. The highest BCUT2D eigenvalue weighted by Crippen LogP contribution is 2.33. The van der Waals surface area contributed by atoms with Gasteiger partial charge < -0.3 is 25.1 Å². The first-order valence-corrected chi connectivity index (χ1v) is 8.98. The zero-order valence-corrected chi connectivity index (χ0v) is 15.3. The first-order chi connectivity index (χ1) is 13.7. The second-order valence-electron chi connectivity index (χ2n) is 6.76. The number of nitrogens with one attached hydrogen (secondary N) is 1. The number of hydrogen-bond acceptors (Lipinski definition) is 6. The summed E-state index contributed by atoms with van der Waals surface area (Å²) in [6.07, 6.45) is 1.92. The van der Waals surface area contributed by atoms with Crippen molar-refractivity contribution in [1.29, 1.82) is 0 Å². The number of hydrogen-bond donors (Lipinski definition) is 2. The first-order valence-electron chi connectivity index (χ1n) is 8.98. The number of fused-ring (bicyclic) bond motifs is 2. The van der Waals surface area contributed by atoms with E-state index in [4.69, 9.17) is 15.2 Å². The van der Waals surface area contributed by atoms with E-state index in [0.717, 1.165) is 45.0 Å². The predicted octanol–water partition coefficient (Wildman–Crippen LogP) is 3.57. The van der Waals surface area contributed by atoms with Gasteiger partial charge in [0.15, 0.2) is 11.5 Å². The van der Waals surface area contributed by atoms with Gasteiger partial charge in [-0.05, 0) is 29.8 Å². The van der Waals surface area contributed by atoms with E-state index >= 15 is 0 Å². The van der Waals surface area contributed by atoms with Crippen LogP contribution in [0.2, 0.25) is 0 Å². The third kappa shape index (κ3) is 2.87. The molecule has 0 saturated carbocycles. The Morgan fingerprint density at radius 1 is 1.07 bits per heavy atom. The van der Waals surface area contributed by atoms with Gasteiger partial charge in [-0.2, -0.15) is 4.98 Å². The minimum Gasteiger partial charge on any atom is -0.454 e. The molecule has 140 valence electrons. The summed E-state index contributed by atoms with van der Waals surface area (Å²) in [5, 5.41) is 1.10. The second kappa shape index (κ2) is 6.45. The second-order valence-corrected chi connectivity index (χ2v) is 6.76. The number of rotatable bonds is 4. The van der Waals surface area contributed by atoms with Crippen molar-refractivity contribution >= 4 is 22.7 Å². The van der Waals surface area contributed by atoms with Gasteiger partial charge >= 0.3 is 0 Å². The van der Waals surface area contributed by atoms with Crippen LogP contribution in [0.1, 0.15) is 5.56 Å². The van der Waals surface area contributed by atoms with Crippen molar-refractivity contribution in [3.63, 3.8) is 0 Å². The van der Waals surface area contributed by atoms with Crippen LogP contribution >= 0.6 is 0 Å². The van der Waals surface area contributed by atoms with Crippen LogP contribution in [0.25, 0.3) is 22.2 Å². The Morgan fingerprint density at radius 2 is 1.96 bits per heavy atom. The SMILES string of the molecule is CN(Cc1ccc2c(c1)OCO2)c1cc(-c2cccc3[nH]ccc23)nc(N)n1. The molecule has 2 aromatic carbocycles. The zero-order valence-electron chi connectivity index (χ0n) is 15.3. The van der Waals surface area contributed by atoms with Crippen molar-refractivity contribution < 1.29 is 9.47 Å². The molecule has 0 fully saturated rings. The highest BCUT2D eigenvalue weighted by atomic mass is 16.7. The lowest BCUT2D eigenvalue weighted by Crippen LogP contribution is -2.18. The molecule has 1 aliphatic heterocycles.